The number of H-pyrrole nitrogens is 1. The monoisotopic (exact) mass is 220 g/mol. The van der Waals surface area contributed by atoms with Crippen LogP contribution in [0.1, 0.15) is 25.3 Å². The summed E-state index contributed by atoms with van der Waals surface area (Å²) in [5.41, 5.74) is 3.65. The normalized spacial score (nSPS) is 11.1. The van der Waals surface area contributed by atoms with Crippen molar-refractivity contribution in [2.24, 2.45) is 0 Å². The maximum atomic E-state index is 5.32. The molecule has 2 aromatic rings. The molecular weight excluding hydrogens is 204 g/mol. The Kier molecular flexibility index (Phi) is 2.91. The number of unbranched alkanes of at least 4 members (excludes halogenated alkanes) is 1. The van der Waals surface area contributed by atoms with E-state index in [-0.39, 0.29) is 0 Å². The summed E-state index contributed by atoms with van der Waals surface area (Å²) < 4.78 is 3.03. The van der Waals surface area contributed by atoms with Gasteiger partial charge < -0.3 is 9.55 Å². The number of hydrogen-bond donors (Lipinski definition) is 1. The summed E-state index contributed by atoms with van der Waals surface area (Å²) in [6.07, 6.45) is 2.37. The van der Waals surface area contributed by atoms with Crippen molar-refractivity contribution < 1.29 is 0 Å². The zero-order valence-electron chi connectivity index (χ0n) is 9.21. The number of imidazole rings is 1. The Morgan fingerprint density at radius 1 is 1.40 bits per heavy atom. The van der Waals surface area contributed by atoms with Crippen LogP contribution in [0, 0.1) is 11.7 Å². The molecule has 1 aromatic heterocycles. The summed E-state index contributed by atoms with van der Waals surface area (Å²) >= 11 is 5.32. The molecule has 80 valence electrons. The van der Waals surface area contributed by atoms with Gasteiger partial charge in [-0.15, -0.1) is 0 Å². The van der Waals surface area contributed by atoms with E-state index >= 15 is 0 Å². The van der Waals surface area contributed by atoms with E-state index in [1.165, 1.54) is 23.9 Å². The molecule has 0 radical (unpaired) electrons. The van der Waals surface area contributed by atoms with Crippen LogP contribution in [0.5, 0.6) is 0 Å². The highest BCUT2D eigenvalue weighted by molar-refractivity contribution is 7.71. The van der Waals surface area contributed by atoms with Crippen LogP contribution >= 0.6 is 12.2 Å². The van der Waals surface area contributed by atoms with Crippen LogP contribution in [-0.4, -0.2) is 9.55 Å². The molecule has 2 rings (SSSR count). The van der Waals surface area contributed by atoms with Gasteiger partial charge in [-0.05, 0) is 43.3 Å². The number of nitrogens with zero attached hydrogens (tertiary/aromatic N) is 1. The molecule has 0 amide bonds. The number of benzene rings is 1. The summed E-state index contributed by atoms with van der Waals surface area (Å²) in [7, 11) is 0. The first kappa shape index (κ1) is 10.4. The van der Waals surface area contributed by atoms with E-state index in [1.807, 2.05) is 0 Å². The minimum absolute atomic E-state index is 0.837. The van der Waals surface area contributed by atoms with Gasteiger partial charge in [0.1, 0.15) is 0 Å². The zero-order valence-corrected chi connectivity index (χ0v) is 10.0. The first-order valence-electron chi connectivity index (χ1n) is 5.41. The highest BCUT2D eigenvalue weighted by Gasteiger charge is 2.03. The molecule has 0 spiro atoms. The Bertz CT molecular complexity index is 522. The zero-order chi connectivity index (χ0) is 10.8. The van der Waals surface area contributed by atoms with Gasteiger partial charge in [-0.1, -0.05) is 19.4 Å². The molecule has 15 heavy (non-hydrogen) atoms. The number of nitrogens with one attached hydrogen (secondary N) is 1. The maximum absolute atomic E-state index is 5.32. The molecule has 3 heteroatoms. The average molecular weight is 220 g/mol. The topological polar surface area (TPSA) is 20.7 Å². The number of aryl methyl sites for hydroxylation is 2. The third kappa shape index (κ3) is 1.97. The van der Waals surface area contributed by atoms with Crippen molar-refractivity contribution in [2.75, 3.05) is 0 Å². The third-order valence-electron chi connectivity index (χ3n) is 2.67. The Morgan fingerprint density at radius 2 is 2.20 bits per heavy atom. The number of rotatable bonds is 3. The van der Waals surface area contributed by atoms with E-state index in [1.54, 1.807) is 0 Å². The summed E-state index contributed by atoms with van der Waals surface area (Å²) in [6.45, 7) is 5.32. The molecule has 0 aliphatic heterocycles. The largest absolute Gasteiger partial charge is 0.331 e. The van der Waals surface area contributed by atoms with Crippen molar-refractivity contribution in [3.05, 3.63) is 28.5 Å². The van der Waals surface area contributed by atoms with Crippen LogP contribution in [0.3, 0.4) is 0 Å². The van der Waals surface area contributed by atoms with Gasteiger partial charge in [-0.2, -0.15) is 0 Å². The fourth-order valence-electron chi connectivity index (χ4n) is 1.80. The number of aromatic amines is 1. The van der Waals surface area contributed by atoms with Crippen molar-refractivity contribution in [2.45, 2.75) is 33.2 Å². The Hall–Kier alpha value is -1.09. The molecule has 1 aromatic carbocycles. The predicted molar refractivity (Wildman–Crippen MR) is 66.8 cm³/mol. The molecule has 0 unspecified atom stereocenters. The first-order valence-corrected chi connectivity index (χ1v) is 5.82. The summed E-state index contributed by atoms with van der Waals surface area (Å²) in [5, 5.41) is 0. The molecule has 1 N–H and O–H groups in total. The van der Waals surface area contributed by atoms with Crippen molar-refractivity contribution in [3.8, 4) is 0 Å². The number of aromatic nitrogens is 2. The predicted octanol–water partition coefficient (Wildman–Crippen LogP) is 3.81. The molecule has 0 saturated heterocycles. The van der Waals surface area contributed by atoms with Crippen LogP contribution in [-0.2, 0) is 6.54 Å². The average Bonchev–Trinajstić information content (AvgIpc) is 2.51. The lowest BCUT2D eigenvalue weighted by Gasteiger charge is -2.03. The summed E-state index contributed by atoms with van der Waals surface area (Å²) in [4.78, 5) is 3.24. The minimum Gasteiger partial charge on any atom is -0.331 e. The van der Waals surface area contributed by atoms with E-state index in [4.69, 9.17) is 12.2 Å². The van der Waals surface area contributed by atoms with Gasteiger partial charge in [0.25, 0.3) is 0 Å². The lowest BCUT2D eigenvalue weighted by Crippen LogP contribution is -1.97. The van der Waals surface area contributed by atoms with E-state index in [0.717, 1.165) is 16.8 Å². The standard InChI is InChI=1S/C12H16N2S/c1-3-4-7-14-11-8-9(2)5-6-10(11)13-12(14)15/h5-6,8H,3-4,7H2,1-2H3,(H,13,15). The molecule has 0 atom stereocenters. The molecular formula is C12H16N2S. The highest BCUT2D eigenvalue weighted by atomic mass is 32.1. The van der Waals surface area contributed by atoms with Crippen LogP contribution in [0.25, 0.3) is 11.0 Å². The third-order valence-corrected chi connectivity index (χ3v) is 2.99. The van der Waals surface area contributed by atoms with Crippen molar-refractivity contribution >= 4 is 23.3 Å². The molecule has 2 nitrogen and oxygen atoms in total. The quantitative estimate of drug-likeness (QED) is 0.780. The lowest BCUT2D eigenvalue weighted by atomic mass is 10.2. The second-order valence-electron chi connectivity index (χ2n) is 3.96. The smallest absolute Gasteiger partial charge is 0.178 e. The van der Waals surface area contributed by atoms with Crippen molar-refractivity contribution in [1.29, 1.82) is 0 Å². The molecule has 0 fully saturated rings. The van der Waals surface area contributed by atoms with Crippen LogP contribution in [0.4, 0.5) is 0 Å². The molecule has 0 bridgehead atoms. The molecule has 0 aliphatic rings. The second kappa shape index (κ2) is 4.19. The molecule has 0 saturated carbocycles. The Labute approximate surface area is 94.9 Å². The van der Waals surface area contributed by atoms with E-state index in [2.05, 4.69) is 41.6 Å². The highest BCUT2D eigenvalue weighted by Crippen LogP contribution is 2.16. The first-order chi connectivity index (χ1) is 7.22. The van der Waals surface area contributed by atoms with E-state index in [9.17, 15) is 0 Å². The maximum Gasteiger partial charge on any atom is 0.178 e. The van der Waals surface area contributed by atoms with Crippen molar-refractivity contribution in [1.82, 2.24) is 9.55 Å². The summed E-state index contributed by atoms with van der Waals surface area (Å²) in [5.74, 6) is 0. The van der Waals surface area contributed by atoms with Gasteiger partial charge in [0.05, 0.1) is 11.0 Å². The van der Waals surface area contributed by atoms with E-state index < -0.39 is 0 Å². The summed E-state index contributed by atoms with van der Waals surface area (Å²) in [6, 6.07) is 6.40. The fourth-order valence-corrected chi connectivity index (χ4v) is 2.10. The minimum atomic E-state index is 0.837. The van der Waals surface area contributed by atoms with Crippen LogP contribution < -0.4 is 0 Å². The SMILES string of the molecule is CCCCn1c(=S)[nH]c2ccc(C)cc21. The number of hydrogen-bond acceptors (Lipinski definition) is 1. The van der Waals surface area contributed by atoms with Gasteiger partial charge in [0, 0.05) is 6.54 Å². The van der Waals surface area contributed by atoms with Crippen LogP contribution in [0.15, 0.2) is 18.2 Å². The number of fused-ring (bicyclic) bond motifs is 1. The second-order valence-corrected chi connectivity index (χ2v) is 4.34. The van der Waals surface area contributed by atoms with Crippen molar-refractivity contribution in [3.63, 3.8) is 0 Å². The van der Waals surface area contributed by atoms with E-state index in [0.29, 0.717) is 0 Å². The fraction of sp³-hybridized carbons (Fsp3) is 0.417. The Morgan fingerprint density at radius 3 is 2.93 bits per heavy atom. The lowest BCUT2D eigenvalue weighted by molar-refractivity contribution is 0.639. The molecule has 1 heterocycles. The molecule has 0 aliphatic carbocycles. The van der Waals surface area contributed by atoms with Gasteiger partial charge in [0.15, 0.2) is 4.77 Å². The van der Waals surface area contributed by atoms with Gasteiger partial charge in [-0.25, -0.2) is 0 Å². The van der Waals surface area contributed by atoms with Crippen LogP contribution in [0.2, 0.25) is 0 Å². The van der Waals surface area contributed by atoms with Gasteiger partial charge in [0.2, 0.25) is 0 Å². The van der Waals surface area contributed by atoms with Gasteiger partial charge in [-0.3, -0.25) is 0 Å². The Balaban J connectivity index is 2.55. The van der Waals surface area contributed by atoms with Gasteiger partial charge >= 0.3 is 0 Å².